The third-order valence-electron chi connectivity index (χ3n) is 6.06. The molecule has 2 aromatic carbocycles. The summed E-state index contributed by atoms with van der Waals surface area (Å²) in [6.07, 6.45) is 3.67. The van der Waals surface area contributed by atoms with E-state index < -0.39 is 0 Å². The van der Waals surface area contributed by atoms with Crippen molar-refractivity contribution in [2.24, 2.45) is 5.92 Å². The van der Waals surface area contributed by atoms with E-state index in [1.54, 1.807) is 0 Å². The predicted molar refractivity (Wildman–Crippen MR) is 126 cm³/mol. The summed E-state index contributed by atoms with van der Waals surface area (Å²) in [5.74, 6) is 1.38. The van der Waals surface area contributed by atoms with Gasteiger partial charge in [-0.15, -0.1) is 0 Å². The fraction of sp³-hybridized carbons (Fsp3) is 0.400. The van der Waals surface area contributed by atoms with Crippen molar-refractivity contribution >= 4 is 23.0 Å². The Hall–Kier alpha value is -3.35. The van der Waals surface area contributed by atoms with E-state index >= 15 is 0 Å². The van der Waals surface area contributed by atoms with Gasteiger partial charge < -0.3 is 20.5 Å². The number of urea groups is 1. The Morgan fingerprint density at radius 1 is 1.06 bits per heavy atom. The summed E-state index contributed by atoms with van der Waals surface area (Å²) in [6.45, 7) is 4.75. The Labute approximate surface area is 188 Å². The van der Waals surface area contributed by atoms with Crippen molar-refractivity contribution in [1.29, 1.82) is 0 Å². The highest BCUT2D eigenvalue weighted by Crippen LogP contribution is 2.22. The Kier molecular flexibility index (Phi) is 7.04. The van der Waals surface area contributed by atoms with E-state index in [-0.39, 0.29) is 11.9 Å². The average molecular weight is 434 g/mol. The molecule has 0 spiro atoms. The summed E-state index contributed by atoms with van der Waals surface area (Å²) in [5.41, 5.74) is 3.86. The molecular weight excluding hydrogens is 402 g/mol. The van der Waals surface area contributed by atoms with Gasteiger partial charge in [-0.25, -0.2) is 9.78 Å². The number of rotatable bonds is 7. The van der Waals surface area contributed by atoms with Crippen LogP contribution in [0.15, 0.2) is 48.5 Å². The molecule has 0 atom stereocenters. The topological polar surface area (TPSA) is 90.1 Å². The van der Waals surface area contributed by atoms with Crippen LogP contribution in [0, 0.1) is 5.92 Å². The second-order valence-electron chi connectivity index (χ2n) is 8.37. The number of amides is 3. The van der Waals surface area contributed by atoms with Crippen LogP contribution in [0.3, 0.4) is 0 Å². The number of hydrogen-bond donors (Lipinski definition) is 3. The van der Waals surface area contributed by atoms with Gasteiger partial charge in [0.1, 0.15) is 5.82 Å². The summed E-state index contributed by atoms with van der Waals surface area (Å²) in [7, 11) is 0. The zero-order chi connectivity index (χ0) is 22.3. The summed E-state index contributed by atoms with van der Waals surface area (Å²) >= 11 is 0. The first-order valence-corrected chi connectivity index (χ1v) is 11.5. The van der Waals surface area contributed by atoms with Crippen LogP contribution in [0.5, 0.6) is 0 Å². The van der Waals surface area contributed by atoms with Crippen molar-refractivity contribution in [3.05, 3.63) is 65.5 Å². The van der Waals surface area contributed by atoms with Crippen molar-refractivity contribution in [3.63, 3.8) is 0 Å². The zero-order valence-corrected chi connectivity index (χ0v) is 18.6. The van der Waals surface area contributed by atoms with Crippen LogP contribution in [0.1, 0.15) is 41.5 Å². The first kappa shape index (κ1) is 21.9. The molecule has 0 unspecified atom stereocenters. The second-order valence-corrected chi connectivity index (χ2v) is 8.37. The Morgan fingerprint density at radius 3 is 2.53 bits per heavy atom. The van der Waals surface area contributed by atoms with E-state index in [9.17, 15) is 9.59 Å². The molecule has 168 valence electrons. The molecule has 2 heterocycles. The molecule has 0 bridgehead atoms. The number of nitrogens with zero attached hydrogens (tertiary/aromatic N) is 2. The Bertz CT molecular complexity index is 1020. The number of aromatic amines is 1. The summed E-state index contributed by atoms with van der Waals surface area (Å²) < 4.78 is 0. The average Bonchev–Trinajstić information content (AvgIpc) is 3.23. The fourth-order valence-corrected chi connectivity index (χ4v) is 4.25. The van der Waals surface area contributed by atoms with Crippen LogP contribution >= 0.6 is 0 Å². The number of carbonyl (C=O) groups excluding carboxylic acids is 2. The van der Waals surface area contributed by atoms with E-state index in [1.165, 1.54) is 5.56 Å². The third-order valence-corrected chi connectivity index (χ3v) is 6.06. The molecule has 3 amide bonds. The molecule has 1 aromatic heterocycles. The fourth-order valence-electron chi connectivity index (χ4n) is 4.25. The van der Waals surface area contributed by atoms with Crippen molar-refractivity contribution in [2.75, 3.05) is 26.2 Å². The molecule has 1 aliphatic rings. The molecule has 0 aliphatic carbocycles. The van der Waals surface area contributed by atoms with Crippen molar-refractivity contribution in [3.8, 4) is 0 Å². The van der Waals surface area contributed by atoms with Crippen molar-refractivity contribution < 1.29 is 9.59 Å². The first-order valence-electron chi connectivity index (χ1n) is 11.5. The van der Waals surface area contributed by atoms with Crippen molar-refractivity contribution in [2.45, 2.75) is 32.6 Å². The molecule has 0 radical (unpaired) electrons. The Morgan fingerprint density at radius 2 is 1.81 bits per heavy atom. The molecular formula is C25H31N5O2. The van der Waals surface area contributed by atoms with E-state index in [0.29, 0.717) is 31.0 Å². The molecule has 0 saturated carbocycles. The number of nitrogens with one attached hydrogen (secondary N) is 3. The van der Waals surface area contributed by atoms with Gasteiger partial charge in [0.25, 0.3) is 5.91 Å². The normalized spacial score (nSPS) is 14.5. The maximum atomic E-state index is 12.5. The minimum Gasteiger partial charge on any atom is -0.352 e. The second kappa shape index (κ2) is 10.3. The molecule has 7 heteroatoms. The van der Waals surface area contributed by atoms with Crippen LogP contribution in [0.25, 0.3) is 11.0 Å². The van der Waals surface area contributed by atoms with E-state index in [2.05, 4.69) is 20.6 Å². The predicted octanol–water partition coefficient (Wildman–Crippen LogP) is 3.52. The summed E-state index contributed by atoms with van der Waals surface area (Å²) in [6, 6.07) is 15.8. The van der Waals surface area contributed by atoms with Crippen LogP contribution in [0.4, 0.5) is 4.79 Å². The lowest BCUT2D eigenvalue weighted by Gasteiger charge is -2.32. The SMILES string of the molecule is CCNC(=O)N1CCC(Cc2ccc(C(=O)NCCc3nc4ccccc4[nH]3)cc2)CC1. The van der Waals surface area contributed by atoms with Gasteiger partial charge in [0, 0.05) is 38.2 Å². The zero-order valence-electron chi connectivity index (χ0n) is 18.6. The van der Waals surface area contributed by atoms with Gasteiger partial charge in [0.15, 0.2) is 0 Å². The number of likely N-dealkylation sites (tertiary alicyclic amines) is 1. The van der Waals surface area contributed by atoms with Gasteiger partial charge in [-0.1, -0.05) is 24.3 Å². The number of H-pyrrole nitrogens is 1. The van der Waals surface area contributed by atoms with Crippen LogP contribution in [-0.2, 0) is 12.8 Å². The number of imidazole rings is 1. The van der Waals surface area contributed by atoms with Gasteiger partial charge in [-0.05, 0) is 61.9 Å². The lowest BCUT2D eigenvalue weighted by atomic mass is 9.90. The number of hydrogen-bond acceptors (Lipinski definition) is 3. The molecule has 1 aliphatic heterocycles. The Balaban J connectivity index is 1.22. The van der Waals surface area contributed by atoms with Crippen LogP contribution in [-0.4, -0.2) is 53.0 Å². The van der Waals surface area contributed by atoms with Gasteiger partial charge in [0.05, 0.1) is 11.0 Å². The standard InChI is InChI=1S/C25H31N5O2/c1-2-26-25(32)30-15-12-19(13-16-30)17-18-7-9-20(10-8-18)24(31)27-14-11-23-28-21-5-3-4-6-22(21)29-23/h3-10,19H,2,11-17H2,1H3,(H,26,32)(H,27,31)(H,28,29). The third kappa shape index (κ3) is 5.46. The smallest absolute Gasteiger partial charge is 0.317 e. The minimum absolute atomic E-state index is 0.0432. The highest BCUT2D eigenvalue weighted by atomic mass is 16.2. The monoisotopic (exact) mass is 433 g/mol. The lowest BCUT2D eigenvalue weighted by Crippen LogP contribution is -2.44. The van der Waals surface area contributed by atoms with Crippen LogP contribution in [0.2, 0.25) is 0 Å². The molecule has 1 fully saturated rings. The highest BCUT2D eigenvalue weighted by Gasteiger charge is 2.22. The van der Waals surface area contributed by atoms with E-state index in [0.717, 1.165) is 49.2 Å². The minimum atomic E-state index is -0.0668. The quantitative estimate of drug-likeness (QED) is 0.533. The largest absolute Gasteiger partial charge is 0.352 e. The molecule has 32 heavy (non-hydrogen) atoms. The number of piperidine rings is 1. The van der Waals surface area contributed by atoms with Crippen LogP contribution < -0.4 is 10.6 Å². The molecule has 7 nitrogen and oxygen atoms in total. The van der Waals surface area contributed by atoms with Gasteiger partial charge in [-0.3, -0.25) is 4.79 Å². The van der Waals surface area contributed by atoms with Crippen molar-refractivity contribution in [1.82, 2.24) is 25.5 Å². The molecule has 3 N–H and O–H groups in total. The maximum Gasteiger partial charge on any atom is 0.317 e. The van der Waals surface area contributed by atoms with E-state index in [4.69, 9.17) is 0 Å². The first-order chi connectivity index (χ1) is 15.6. The summed E-state index contributed by atoms with van der Waals surface area (Å²) in [5, 5.41) is 5.85. The maximum absolute atomic E-state index is 12.5. The molecule has 1 saturated heterocycles. The number of benzene rings is 2. The van der Waals surface area contributed by atoms with Gasteiger partial charge >= 0.3 is 6.03 Å². The lowest BCUT2D eigenvalue weighted by molar-refractivity contribution is 0.0954. The molecule has 3 aromatic rings. The summed E-state index contributed by atoms with van der Waals surface area (Å²) in [4.78, 5) is 34.1. The highest BCUT2D eigenvalue weighted by molar-refractivity contribution is 5.94. The number of para-hydroxylation sites is 2. The van der Waals surface area contributed by atoms with E-state index in [1.807, 2.05) is 60.4 Å². The number of aromatic nitrogens is 2. The van der Waals surface area contributed by atoms with Gasteiger partial charge in [0.2, 0.25) is 0 Å². The number of fused-ring (bicyclic) bond motifs is 1. The number of carbonyl (C=O) groups is 2. The van der Waals surface area contributed by atoms with Gasteiger partial charge in [-0.2, -0.15) is 0 Å². The molecule has 4 rings (SSSR count).